The summed E-state index contributed by atoms with van der Waals surface area (Å²) in [5.74, 6) is 0. The summed E-state index contributed by atoms with van der Waals surface area (Å²) in [5.41, 5.74) is 4.57. The Kier molecular flexibility index (Phi) is 4.33. The summed E-state index contributed by atoms with van der Waals surface area (Å²) in [6, 6.07) is 17.8. The third kappa shape index (κ3) is 3.14. The summed E-state index contributed by atoms with van der Waals surface area (Å²) >= 11 is 0. The number of nitrogens with zero attached hydrogens (tertiary/aromatic N) is 3. The molecule has 0 atom stereocenters. The fourth-order valence-corrected chi connectivity index (χ4v) is 2.96. The number of hydrogen-bond acceptors (Lipinski definition) is 4. The van der Waals surface area contributed by atoms with Crippen molar-refractivity contribution in [3.05, 3.63) is 82.4 Å². The standard InChI is InChI=1S/C20H18N4O2/c1-26-13-15-8-5-9-16(10-15)17-11-21-18-19(22-17)24(20(25)23-18)12-14-6-3-2-4-7-14/h2-11H,12-13H2,1H3,(H,21,23,25). The van der Waals surface area contributed by atoms with Gasteiger partial charge in [0.25, 0.3) is 0 Å². The third-order valence-corrected chi connectivity index (χ3v) is 4.20. The predicted molar refractivity (Wildman–Crippen MR) is 99.8 cm³/mol. The Labute approximate surface area is 150 Å². The average Bonchev–Trinajstić information content (AvgIpc) is 2.98. The van der Waals surface area contributed by atoms with E-state index in [-0.39, 0.29) is 5.69 Å². The largest absolute Gasteiger partial charge is 0.380 e. The number of aromatic amines is 1. The van der Waals surface area contributed by atoms with Crippen LogP contribution in [0.2, 0.25) is 0 Å². The van der Waals surface area contributed by atoms with Gasteiger partial charge in [0.15, 0.2) is 11.3 Å². The van der Waals surface area contributed by atoms with Crippen LogP contribution in [0.15, 0.2) is 65.6 Å². The van der Waals surface area contributed by atoms with Crippen molar-refractivity contribution in [1.29, 1.82) is 0 Å². The van der Waals surface area contributed by atoms with Crippen LogP contribution in [0.3, 0.4) is 0 Å². The van der Waals surface area contributed by atoms with Gasteiger partial charge in [-0.15, -0.1) is 0 Å². The third-order valence-electron chi connectivity index (χ3n) is 4.20. The van der Waals surface area contributed by atoms with Gasteiger partial charge in [-0.2, -0.15) is 0 Å². The molecular weight excluding hydrogens is 328 g/mol. The minimum atomic E-state index is -0.214. The molecule has 2 aromatic heterocycles. The molecule has 0 unspecified atom stereocenters. The minimum absolute atomic E-state index is 0.214. The molecule has 130 valence electrons. The van der Waals surface area contributed by atoms with Gasteiger partial charge in [0.1, 0.15) is 0 Å². The number of methoxy groups -OCH3 is 1. The van der Waals surface area contributed by atoms with Crippen molar-refractivity contribution >= 4 is 11.3 Å². The number of benzene rings is 2. The molecule has 2 heterocycles. The van der Waals surface area contributed by atoms with E-state index in [4.69, 9.17) is 9.72 Å². The van der Waals surface area contributed by atoms with Gasteiger partial charge in [0.2, 0.25) is 0 Å². The molecule has 4 aromatic rings. The number of ether oxygens (including phenoxy) is 1. The van der Waals surface area contributed by atoms with Gasteiger partial charge in [-0.1, -0.05) is 48.5 Å². The maximum absolute atomic E-state index is 12.3. The molecule has 4 rings (SSSR count). The SMILES string of the molecule is COCc1cccc(-c2cnc3[nH]c(=O)n(Cc4ccccc4)c3n2)c1. The van der Waals surface area contributed by atoms with E-state index in [0.29, 0.717) is 24.4 Å². The van der Waals surface area contributed by atoms with Crippen LogP contribution in [-0.2, 0) is 17.9 Å². The van der Waals surface area contributed by atoms with Crippen LogP contribution < -0.4 is 5.69 Å². The van der Waals surface area contributed by atoms with Crippen LogP contribution in [0.4, 0.5) is 0 Å². The molecule has 2 aromatic carbocycles. The van der Waals surface area contributed by atoms with Crippen molar-refractivity contribution in [2.45, 2.75) is 13.2 Å². The predicted octanol–water partition coefficient (Wildman–Crippen LogP) is 2.98. The number of imidazole rings is 1. The maximum Gasteiger partial charge on any atom is 0.329 e. The van der Waals surface area contributed by atoms with Gasteiger partial charge in [0, 0.05) is 12.7 Å². The summed E-state index contributed by atoms with van der Waals surface area (Å²) in [6.07, 6.45) is 1.68. The lowest BCUT2D eigenvalue weighted by Gasteiger charge is -2.06. The average molecular weight is 346 g/mol. The number of aromatic nitrogens is 4. The molecule has 0 saturated carbocycles. The highest BCUT2D eigenvalue weighted by molar-refractivity contribution is 5.71. The van der Waals surface area contributed by atoms with Crippen LogP contribution in [0.1, 0.15) is 11.1 Å². The van der Waals surface area contributed by atoms with Gasteiger partial charge in [0.05, 0.1) is 25.0 Å². The maximum atomic E-state index is 12.3. The summed E-state index contributed by atoms with van der Waals surface area (Å²) in [4.78, 5) is 24.2. The van der Waals surface area contributed by atoms with Crippen LogP contribution >= 0.6 is 0 Å². The highest BCUT2D eigenvalue weighted by Gasteiger charge is 2.12. The molecule has 0 amide bonds. The normalized spacial score (nSPS) is 11.1. The Morgan fingerprint density at radius 2 is 1.88 bits per heavy atom. The summed E-state index contributed by atoms with van der Waals surface area (Å²) in [5, 5.41) is 0. The lowest BCUT2D eigenvalue weighted by atomic mass is 10.1. The summed E-state index contributed by atoms with van der Waals surface area (Å²) < 4.78 is 6.80. The molecule has 0 saturated heterocycles. The minimum Gasteiger partial charge on any atom is -0.380 e. The first-order valence-electron chi connectivity index (χ1n) is 8.32. The molecule has 26 heavy (non-hydrogen) atoms. The molecule has 0 fully saturated rings. The van der Waals surface area contributed by atoms with Crippen molar-refractivity contribution in [1.82, 2.24) is 19.5 Å². The number of nitrogens with one attached hydrogen (secondary N) is 1. The zero-order valence-corrected chi connectivity index (χ0v) is 14.3. The monoisotopic (exact) mass is 346 g/mol. The number of fused-ring (bicyclic) bond motifs is 1. The van der Waals surface area contributed by atoms with Crippen LogP contribution in [-0.4, -0.2) is 26.6 Å². The first-order chi connectivity index (χ1) is 12.7. The fraction of sp³-hybridized carbons (Fsp3) is 0.150. The Hall–Kier alpha value is -3.25. The van der Waals surface area contributed by atoms with Crippen molar-refractivity contribution in [3.8, 4) is 11.3 Å². The van der Waals surface area contributed by atoms with E-state index in [2.05, 4.69) is 9.97 Å². The highest BCUT2D eigenvalue weighted by atomic mass is 16.5. The molecule has 0 radical (unpaired) electrons. The van der Waals surface area contributed by atoms with Crippen molar-refractivity contribution in [2.75, 3.05) is 7.11 Å². The molecule has 0 aliphatic rings. The number of hydrogen-bond donors (Lipinski definition) is 1. The van der Waals surface area contributed by atoms with E-state index in [0.717, 1.165) is 22.4 Å². The molecule has 0 aliphatic carbocycles. The second kappa shape index (κ2) is 6.93. The quantitative estimate of drug-likeness (QED) is 0.603. The van der Waals surface area contributed by atoms with E-state index in [1.807, 2.05) is 54.6 Å². The Morgan fingerprint density at radius 3 is 2.69 bits per heavy atom. The van der Waals surface area contributed by atoms with Gasteiger partial charge in [-0.3, -0.25) is 9.55 Å². The molecule has 0 aliphatic heterocycles. The first kappa shape index (κ1) is 16.2. The van der Waals surface area contributed by atoms with Crippen LogP contribution in [0, 0.1) is 0 Å². The summed E-state index contributed by atoms with van der Waals surface area (Å²) in [7, 11) is 1.67. The molecule has 0 spiro atoms. The molecule has 0 bridgehead atoms. The van der Waals surface area contributed by atoms with Gasteiger partial charge in [-0.25, -0.2) is 14.8 Å². The Bertz CT molecular complexity index is 1100. The lowest BCUT2D eigenvalue weighted by Crippen LogP contribution is -2.17. The second-order valence-electron chi connectivity index (χ2n) is 6.06. The van der Waals surface area contributed by atoms with E-state index in [1.165, 1.54) is 0 Å². The Balaban J connectivity index is 1.78. The van der Waals surface area contributed by atoms with Crippen LogP contribution in [0.5, 0.6) is 0 Å². The van der Waals surface area contributed by atoms with Crippen molar-refractivity contribution < 1.29 is 4.74 Å². The molecule has 1 N–H and O–H groups in total. The van der Waals surface area contributed by atoms with E-state index in [1.54, 1.807) is 17.9 Å². The van der Waals surface area contributed by atoms with Gasteiger partial charge in [-0.05, 0) is 17.2 Å². The van der Waals surface area contributed by atoms with Crippen molar-refractivity contribution in [2.24, 2.45) is 0 Å². The zero-order valence-electron chi connectivity index (χ0n) is 14.3. The van der Waals surface area contributed by atoms with E-state index >= 15 is 0 Å². The van der Waals surface area contributed by atoms with E-state index in [9.17, 15) is 4.79 Å². The van der Waals surface area contributed by atoms with Gasteiger partial charge >= 0.3 is 5.69 Å². The zero-order chi connectivity index (χ0) is 17.9. The molecule has 6 nitrogen and oxygen atoms in total. The topological polar surface area (TPSA) is 72.8 Å². The Morgan fingerprint density at radius 1 is 1.08 bits per heavy atom. The van der Waals surface area contributed by atoms with Crippen LogP contribution in [0.25, 0.3) is 22.6 Å². The summed E-state index contributed by atoms with van der Waals surface area (Å²) in [6.45, 7) is 0.980. The smallest absolute Gasteiger partial charge is 0.329 e. The van der Waals surface area contributed by atoms with Gasteiger partial charge < -0.3 is 4.74 Å². The molecular formula is C20H18N4O2. The number of H-pyrrole nitrogens is 1. The highest BCUT2D eigenvalue weighted by Crippen LogP contribution is 2.20. The fourth-order valence-electron chi connectivity index (χ4n) is 2.96. The second-order valence-corrected chi connectivity index (χ2v) is 6.06. The first-order valence-corrected chi connectivity index (χ1v) is 8.32. The van der Waals surface area contributed by atoms with Crippen molar-refractivity contribution in [3.63, 3.8) is 0 Å². The van der Waals surface area contributed by atoms with E-state index < -0.39 is 0 Å². The lowest BCUT2D eigenvalue weighted by molar-refractivity contribution is 0.185. The molecule has 6 heteroatoms. The number of rotatable bonds is 5.